The first-order chi connectivity index (χ1) is 9.74. The number of hydrogen-bond donors (Lipinski definition) is 0. The lowest BCUT2D eigenvalue weighted by Crippen LogP contribution is -2.26. The van der Waals surface area contributed by atoms with Crippen molar-refractivity contribution in [3.8, 4) is 0 Å². The smallest absolute Gasteiger partial charge is 0.320 e. The second-order valence-corrected chi connectivity index (χ2v) is 5.63. The van der Waals surface area contributed by atoms with Gasteiger partial charge in [0.15, 0.2) is 0 Å². The summed E-state index contributed by atoms with van der Waals surface area (Å²) in [4.78, 5) is 22.3. The fourth-order valence-corrected chi connectivity index (χ4v) is 2.46. The van der Waals surface area contributed by atoms with E-state index in [1.54, 1.807) is 0 Å². The molecule has 3 heteroatoms. The molecule has 0 spiro atoms. The number of cyclic esters (lactones) is 2. The van der Waals surface area contributed by atoms with Gasteiger partial charge in [-0.25, -0.2) is 0 Å². The van der Waals surface area contributed by atoms with Crippen LogP contribution in [0.2, 0.25) is 0 Å². The maximum atomic E-state index is 11.4. The lowest BCUT2D eigenvalue weighted by atomic mass is 10.00. The van der Waals surface area contributed by atoms with E-state index in [2.05, 4.69) is 17.7 Å². The zero-order valence-electron chi connectivity index (χ0n) is 12.7. The number of unbranched alkanes of at least 4 members (excludes halogenated alkanes) is 8. The molecule has 1 rings (SSSR count). The first-order valence-corrected chi connectivity index (χ1v) is 8.15. The Kier molecular flexibility index (Phi) is 9.01. The fraction of sp³-hybridized carbons (Fsp3) is 0.765. The molecule has 1 fully saturated rings. The highest BCUT2D eigenvalue weighted by Gasteiger charge is 2.26. The van der Waals surface area contributed by atoms with Crippen LogP contribution >= 0.6 is 0 Å². The van der Waals surface area contributed by atoms with E-state index < -0.39 is 0 Å². The van der Waals surface area contributed by atoms with Gasteiger partial charge in [-0.3, -0.25) is 9.59 Å². The molecule has 0 bridgehead atoms. The van der Waals surface area contributed by atoms with Crippen molar-refractivity contribution in [3.63, 3.8) is 0 Å². The summed E-state index contributed by atoms with van der Waals surface area (Å²) in [6.07, 6.45) is 16.5. The summed E-state index contributed by atoms with van der Waals surface area (Å²) in [6, 6.07) is 0. The van der Waals surface area contributed by atoms with E-state index in [4.69, 9.17) is 0 Å². The van der Waals surface area contributed by atoms with Crippen LogP contribution in [-0.2, 0) is 14.3 Å². The standard InChI is InChI=1S/C17H28O3/c1-2-3-4-5-6-7-8-9-10-11-12-15-13-14-16(18)20-17(15)19/h11-12,15H,2-10,13-14H2,1H3/b12-11-. The molecule has 1 heterocycles. The Morgan fingerprint density at radius 3 is 2.35 bits per heavy atom. The summed E-state index contributed by atoms with van der Waals surface area (Å²) in [5, 5.41) is 0. The molecule has 0 aromatic carbocycles. The molecule has 1 aliphatic rings. The van der Waals surface area contributed by atoms with Crippen molar-refractivity contribution in [2.45, 2.75) is 77.6 Å². The van der Waals surface area contributed by atoms with Crippen molar-refractivity contribution in [3.05, 3.63) is 12.2 Å². The van der Waals surface area contributed by atoms with Gasteiger partial charge < -0.3 is 4.74 Å². The van der Waals surface area contributed by atoms with Gasteiger partial charge >= 0.3 is 11.9 Å². The summed E-state index contributed by atoms with van der Waals surface area (Å²) in [6.45, 7) is 2.24. The van der Waals surface area contributed by atoms with Gasteiger partial charge in [0.25, 0.3) is 0 Å². The van der Waals surface area contributed by atoms with Crippen LogP contribution in [0.1, 0.15) is 77.6 Å². The summed E-state index contributed by atoms with van der Waals surface area (Å²) in [7, 11) is 0. The fourth-order valence-electron chi connectivity index (χ4n) is 2.46. The lowest BCUT2D eigenvalue weighted by Gasteiger charge is -2.15. The monoisotopic (exact) mass is 280 g/mol. The van der Waals surface area contributed by atoms with Crippen molar-refractivity contribution >= 4 is 11.9 Å². The first kappa shape index (κ1) is 16.9. The molecule has 1 atom stereocenters. The number of carbonyl (C=O) groups is 2. The highest BCUT2D eigenvalue weighted by Crippen LogP contribution is 2.18. The Morgan fingerprint density at radius 1 is 1.05 bits per heavy atom. The van der Waals surface area contributed by atoms with Crippen LogP contribution in [0.4, 0.5) is 0 Å². The largest absolute Gasteiger partial charge is 0.393 e. The van der Waals surface area contributed by atoms with Gasteiger partial charge in [-0.1, -0.05) is 64.0 Å². The highest BCUT2D eigenvalue weighted by molar-refractivity contribution is 5.90. The maximum absolute atomic E-state index is 11.4. The van der Waals surface area contributed by atoms with Gasteiger partial charge in [-0.2, -0.15) is 0 Å². The van der Waals surface area contributed by atoms with Gasteiger partial charge in [-0.05, 0) is 19.3 Å². The Balaban J connectivity index is 1.97. The minimum atomic E-state index is -0.386. The Morgan fingerprint density at radius 2 is 1.70 bits per heavy atom. The normalized spacial score (nSPS) is 19.6. The molecule has 1 aliphatic heterocycles. The predicted octanol–water partition coefficient (Wildman–Crippen LogP) is 4.55. The molecule has 0 aromatic heterocycles. The molecule has 1 saturated heterocycles. The predicted molar refractivity (Wildman–Crippen MR) is 80.2 cm³/mol. The van der Waals surface area contributed by atoms with Crippen LogP contribution in [0.25, 0.3) is 0 Å². The lowest BCUT2D eigenvalue weighted by molar-refractivity contribution is -0.165. The molecule has 0 amide bonds. The number of hydrogen-bond acceptors (Lipinski definition) is 3. The second-order valence-electron chi connectivity index (χ2n) is 5.63. The van der Waals surface area contributed by atoms with Crippen molar-refractivity contribution in [2.75, 3.05) is 0 Å². The van der Waals surface area contributed by atoms with E-state index in [-0.39, 0.29) is 17.9 Å². The third kappa shape index (κ3) is 7.46. The van der Waals surface area contributed by atoms with Crippen LogP contribution in [-0.4, -0.2) is 11.9 Å². The average molecular weight is 280 g/mol. The highest BCUT2D eigenvalue weighted by atomic mass is 16.6. The zero-order valence-corrected chi connectivity index (χ0v) is 12.7. The third-order valence-electron chi connectivity index (χ3n) is 3.77. The Bertz CT molecular complexity index is 320. The second kappa shape index (κ2) is 10.6. The molecule has 0 radical (unpaired) electrons. The zero-order chi connectivity index (χ0) is 14.6. The molecule has 114 valence electrons. The van der Waals surface area contributed by atoms with E-state index in [1.807, 2.05) is 6.08 Å². The number of carbonyl (C=O) groups excluding carboxylic acids is 2. The van der Waals surface area contributed by atoms with Crippen molar-refractivity contribution in [1.82, 2.24) is 0 Å². The average Bonchev–Trinajstić information content (AvgIpc) is 2.43. The van der Waals surface area contributed by atoms with Crippen molar-refractivity contribution in [1.29, 1.82) is 0 Å². The van der Waals surface area contributed by atoms with Gasteiger partial charge in [0, 0.05) is 6.42 Å². The van der Waals surface area contributed by atoms with Crippen LogP contribution < -0.4 is 0 Å². The summed E-state index contributed by atoms with van der Waals surface area (Å²) >= 11 is 0. The third-order valence-corrected chi connectivity index (χ3v) is 3.77. The number of allylic oxidation sites excluding steroid dienone is 1. The summed E-state index contributed by atoms with van der Waals surface area (Å²) < 4.78 is 4.61. The van der Waals surface area contributed by atoms with Crippen LogP contribution in [0.5, 0.6) is 0 Å². The summed E-state index contributed by atoms with van der Waals surface area (Å²) in [5.41, 5.74) is 0. The van der Waals surface area contributed by atoms with Crippen LogP contribution in [0.15, 0.2) is 12.2 Å². The molecule has 0 saturated carbocycles. The summed E-state index contributed by atoms with van der Waals surface area (Å²) in [5.74, 6) is -0.974. The molecule has 0 aromatic rings. The first-order valence-electron chi connectivity index (χ1n) is 8.15. The minimum absolute atomic E-state index is 0.207. The molecular weight excluding hydrogens is 252 g/mol. The van der Waals surface area contributed by atoms with Gasteiger partial charge in [0.1, 0.15) is 0 Å². The SMILES string of the molecule is CCCCCCCCCC/C=C\C1CCC(=O)OC1=O. The molecule has 0 aliphatic carbocycles. The quantitative estimate of drug-likeness (QED) is 0.255. The van der Waals surface area contributed by atoms with E-state index in [1.165, 1.54) is 51.4 Å². The van der Waals surface area contributed by atoms with E-state index in [0.29, 0.717) is 12.8 Å². The molecule has 20 heavy (non-hydrogen) atoms. The van der Waals surface area contributed by atoms with E-state index in [0.717, 1.165) is 6.42 Å². The van der Waals surface area contributed by atoms with Crippen molar-refractivity contribution < 1.29 is 14.3 Å². The van der Waals surface area contributed by atoms with Gasteiger partial charge in [0.05, 0.1) is 5.92 Å². The topological polar surface area (TPSA) is 43.4 Å². The molecule has 1 unspecified atom stereocenters. The van der Waals surface area contributed by atoms with E-state index >= 15 is 0 Å². The number of ether oxygens (including phenoxy) is 1. The Labute approximate surface area is 122 Å². The minimum Gasteiger partial charge on any atom is -0.393 e. The Hall–Kier alpha value is -1.12. The molecular formula is C17H28O3. The van der Waals surface area contributed by atoms with Crippen LogP contribution in [0, 0.1) is 5.92 Å². The van der Waals surface area contributed by atoms with Crippen LogP contribution in [0.3, 0.4) is 0 Å². The van der Waals surface area contributed by atoms with Gasteiger partial charge in [0.2, 0.25) is 0 Å². The van der Waals surface area contributed by atoms with E-state index in [9.17, 15) is 9.59 Å². The number of esters is 2. The van der Waals surface area contributed by atoms with Gasteiger partial charge in [-0.15, -0.1) is 0 Å². The maximum Gasteiger partial charge on any atom is 0.320 e. The van der Waals surface area contributed by atoms with Crippen molar-refractivity contribution in [2.24, 2.45) is 5.92 Å². The molecule has 3 nitrogen and oxygen atoms in total. The number of rotatable bonds is 10. The molecule has 0 N–H and O–H groups in total.